The lowest BCUT2D eigenvalue weighted by atomic mass is 10.1. The molecular weight excluding hydrogens is 469 g/mol. The van der Waals surface area contributed by atoms with Gasteiger partial charge in [0.2, 0.25) is 0 Å². The van der Waals surface area contributed by atoms with E-state index in [0.717, 1.165) is 0 Å². The number of halogens is 1. The predicted octanol–water partition coefficient (Wildman–Crippen LogP) is 1.96. The Balaban J connectivity index is 1.74. The molecule has 3 rings (SSSR count). The molecule has 1 N–H and O–H groups in total. The maximum absolute atomic E-state index is 12.1. The van der Waals surface area contributed by atoms with Crippen molar-refractivity contribution < 1.29 is 14.3 Å². The monoisotopic (exact) mass is 483 g/mol. The van der Waals surface area contributed by atoms with E-state index in [1.807, 2.05) is 0 Å². The van der Waals surface area contributed by atoms with Gasteiger partial charge in [0.15, 0.2) is 0 Å². The first kappa shape index (κ1) is 19.1. The van der Waals surface area contributed by atoms with Crippen LogP contribution in [0.25, 0.3) is 10.4 Å². The molecule has 140 valence electrons. The van der Waals surface area contributed by atoms with E-state index in [-0.39, 0.29) is 16.6 Å². The maximum Gasteiger partial charge on any atom is 0.338 e. The van der Waals surface area contributed by atoms with E-state index < -0.39 is 35.6 Å². The molecule has 0 radical (unpaired) electrons. The third kappa shape index (κ3) is 4.38. The van der Waals surface area contributed by atoms with Gasteiger partial charge in [-0.3, -0.25) is 14.3 Å². The molecule has 0 saturated carbocycles. The number of hydrogen-bond acceptors (Lipinski definition) is 6. The molecule has 0 amide bonds. The van der Waals surface area contributed by atoms with E-state index >= 15 is 0 Å². The minimum atomic E-state index is -0.904. The fourth-order valence-electron chi connectivity index (χ4n) is 2.73. The minimum absolute atomic E-state index is 0.0587. The number of benzene rings is 1. The molecule has 0 unspecified atom stereocenters. The van der Waals surface area contributed by atoms with Crippen LogP contribution in [0.5, 0.6) is 0 Å². The van der Waals surface area contributed by atoms with Gasteiger partial charge in [-0.25, -0.2) is 9.59 Å². The molecule has 10 nitrogen and oxygen atoms in total. The average Bonchev–Trinajstić information content (AvgIpc) is 3.06. The third-order valence-corrected chi connectivity index (χ3v) is 4.74. The number of rotatable bonds is 5. The number of aromatic amines is 1. The summed E-state index contributed by atoms with van der Waals surface area (Å²) in [6.07, 6.45) is 0.137. The van der Waals surface area contributed by atoms with Crippen LogP contribution in [0.1, 0.15) is 23.0 Å². The Morgan fingerprint density at radius 1 is 1.41 bits per heavy atom. The summed E-state index contributed by atoms with van der Waals surface area (Å²) in [5.74, 6) is -0.501. The van der Waals surface area contributed by atoms with E-state index in [2.05, 4.69) is 15.0 Å². The first-order valence-corrected chi connectivity index (χ1v) is 9.00. The Morgan fingerprint density at radius 2 is 2.15 bits per heavy atom. The Hall–Kier alpha value is -2.63. The minimum Gasteiger partial charge on any atom is -0.459 e. The van der Waals surface area contributed by atoms with E-state index in [9.17, 15) is 14.4 Å². The van der Waals surface area contributed by atoms with Gasteiger partial charge in [0.05, 0.1) is 21.3 Å². The fraction of sp³-hybridized carbons (Fsp3) is 0.312. The zero-order valence-electron chi connectivity index (χ0n) is 13.8. The van der Waals surface area contributed by atoms with Crippen LogP contribution in [0.2, 0.25) is 0 Å². The normalized spacial score (nSPS) is 21.4. The molecule has 1 aromatic carbocycles. The smallest absolute Gasteiger partial charge is 0.338 e. The Labute approximate surface area is 165 Å². The summed E-state index contributed by atoms with van der Waals surface area (Å²) >= 11 is 1.79. The molecular formula is C16H14IN5O5. The molecule has 1 aliphatic rings. The van der Waals surface area contributed by atoms with Crippen LogP contribution in [0.15, 0.2) is 51.2 Å². The van der Waals surface area contributed by atoms with Gasteiger partial charge in [-0.15, -0.1) is 0 Å². The molecule has 1 fully saturated rings. The zero-order chi connectivity index (χ0) is 19.4. The summed E-state index contributed by atoms with van der Waals surface area (Å²) < 4.78 is 12.5. The predicted molar refractivity (Wildman–Crippen MR) is 102 cm³/mol. The number of carbonyl (C=O) groups is 1. The zero-order valence-corrected chi connectivity index (χ0v) is 16.0. The molecule has 0 bridgehead atoms. The second kappa shape index (κ2) is 8.37. The summed E-state index contributed by atoms with van der Waals surface area (Å²) in [4.78, 5) is 40.6. The summed E-state index contributed by atoms with van der Waals surface area (Å²) in [6, 6.07) is 7.81. The van der Waals surface area contributed by atoms with Crippen LogP contribution in [-0.2, 0) is 9.47 Å². The largest absolute Gasteiger partial charge is 0.459 e. The van der Waals surface area contributed by atoms with Crippen LogP contribution in [0.3, 0.4) is 0 Å². The van der Waals surface area contributed by atoms with Gasteiger partial charge in [0.25, 0.3) is 5.56 Å². The number of esters is 1. The van der Waals surface area contributed by atoms with Crippen molar-refractivity contribution in [3.63, 3.8) is 0 Å². The van der Waals surface area contributed by atoms with Crippen molar-refractivity contribution in [2.45, 2.75) is 24.8 Å². The number of aromatic nitrogens is 2. The molecule has 0 spiro atoms. The van der Waals surface area contributed by atoms with Crippen LogP contribution < -0.4 is 11.2 Å². The molecule has 1 saturated heterocycles. The molecule has 1 aliphatic heterocycles. The summed E-state index contributed by atoms with van der Waals surface area (Å²) in [7, 11) is 0. The highest BCUT2D eigenvalue weighted by molar-refractivity contribution is 14.1. The van der Waals surface area contributed by atoms with Gasteiger partial charge < -0.3 is 9.47 Å². The van der Waals surface area contributed by atoms with Gasteiger partial charge in [-0.2, -0.15) is 0 Å². The number of nitrogens with one attached hydrogen (secondary N) is 1. The van der Waals surface area contributed by atoms with Gasteiger partial charge >= 0.3 is 11.7 Å². The second-order valence-electron chi connectivity index (χ2n) is 5.76. The van der Waals surface area contributed by atoms with E-state index in [4.69, 9.17) is 15.0 Å². The highest BCUT2D eigenvalue weighted by Gasteiger charge is 2.37. The van der Waals surface area contributed by atoms with Crippen molar-refractivity contribution in [2.75, 3.05) is 6.61 Å². The van der Waals surface area contributed by atoms with E-state index in [0.29, 0.717) is 5.56 Å². The van der Waals surface area contributed by atoms with Crippen molar-refractivity contribution in [1.29, 1.82) is 0 Å². The summed E-state index contributed by atoms with van der Waals surface area (Å²) in [6.45, 7) is -0.0587. The number of H-pyrrole nitrogens is 1. The van der Waals surface area contributed by atoms with Gasteiger partial charge in [0.1, 0.15) is 12.8 Å². The van der Waals surface area contributed by atoms with E-state index in [1.54, 1.807) is 52.9 Å². The lowest BCUT2D eigenvalue weighted by Gasteiger charge is -2.18. The summed E-state index contributed by atoms with van der Waals surface area (Å²) in [5.41, 5.74) is 8.00. The maximum atomic E-state index is 12.1. The van der Waals surface area contributed by atoms with Crippen molar-refractivity contribution in [3.05, 3.63) is 76.9 Å². The van der Waals surface area contributed by atoms with E-state index in [1.165, 1.54) is 10.8 Å². The molecule has 2 aromatic rings. The van der Waals surface area contributed by atoms with Crippen molar-refractivity contribution in [2.24, 2.45) is 5.11 Å². The number of hydrogen-bond donors (Lipinski definition) is 1. The topological polar surface area (TPSA) is 139 Å². The van der Waals surface area contributed by atoms with Crippen LogP contribution in [0, 0.1) is 3.57 Å². The molecule has 11 heteroatoms. The first-order valence-electron chi connectivity index (χ1n) is 7.92. The van der Waals surface area contributed by atoms with Gasteiger partial charge in [-0.1, -0.05) is 23.3 Å². The number of azide groups is 1. The van der Waals surface area contributed by atoms with Crippen molar-refractivity contribution in [3.8, 4) is 0 Å². The quantitative estimate of drug-likeness (QED) is 0.228. The number of nitrogens with zero attached hydrogens (tertiary/aromatic N) is 4. The molecule has 27 heavy (non-hydrogen) atoms. The average molecular weight is 483 g/mol. The fourth-order valence-corrected chi connectivity index (χ4v) is 3.17. The lowest BCUT2D eigenvalue weighted by Crippen LogP contribution is -2.36. The molecule has 1 aromatic heterocycles. The van der Waals surface area contributed by atoms with Crippen molar-refractivity contribution >= 4 is 28.6 Å². The Morgan fingerprint density at radius 3 is 2.85 bits per heavy atom. The number of ether oxygens (including phenoxy) is 2. The van der Waals surface area contributed by atoms with Crippen LogP contribution in [0.4, 0.5) is 0 Å². The Kier molecular flexibility index (Phi) is 5.94. The third-order valence-electron chi connectivity index (χ3n) is 3.97. The highest BCUT2D eigenvalue weighted by atomic mass is 127. The summed E-state index contributed by atoms with van der Waals surface area (Å²) in [5, 5.41) is 3.67. The Bertz CT molecular complexity index is 998. The first-order chi connectivity index (χ1) is 13.0. The van der Waals surface area contributed by atoms with Gasteiger partial charge in [-0.05, 0) is 46.7 Å². The molecule has 0 aliphatic carbocycles. The SMILES string of the molecule is [N-]=[N+]=N[C@@H]1C[C@@H](COC(=O)c2ccccc2)O[C@H]1n1cc(I)c(=O)[nH]c1=O. The highest BCUT2D eigenvalue weighted by Crippen LogP contribution is 2.31. The molecule has 3 atom stereocenters. The standard InChI is InChI=1S/C16H14IN5O5/c17-11-7-22(16(25)19-13(11)23)14-12(20-21-18)6-10(27-14)8-26-15(24)9-4-2-1-3-5-9/h1-5,7,10,12,14H,6,8H2,(H,19,23,25)/t10-,12+,14+/m0/s1. The second-order valence-corrected chi connectivity index (χ2v) is 6.93. The van der Waals surface area contributed by atoms with Crippen LogP contribution in [-0.4, -0.2) is 34.3 Å². The van der Waals surface area contributed by atoms with Gasteiger partial charge in [0, 0.05) is 11.1 Å². The van der Waals surface area contributed by atoms with Crippen LogP contribution >= 0.6 is 22.6 Å². The lowest BCUT2D eigenvalue weighted by molar-refractivity contribution is -0.0366. The molecule has 2 heterocycles. The van der Waals surface area contributed by atoms with Crippen molar-refractivity contribution in [1.82, 2.24) is 9.55 Å². The number of carbonyl (C=O) groups excluding carboxylic acids is 1.